The van der Waals surface area contributed by atoms with E-state index in [1.54, 1.807) is 13.4 Å². The number of aromatic nitrogens is 3. The maximum absolute atomic E-state index is 5.46. The van der Waals surface area contributed by atoms with E-state index in [1.807, 2.05) is 34.9 Å². The van der Waals surface area contributed by atoms with Gasteiger partial charge < -0.3 is 15.4 Å². The molecule has 2 heterocycles. The number of rotatable bonds is 6. The molecule has 154 valence electrons. The molecule has 0 aliphatic carbocycles. The predicted octanol–water partition coefficient (Wildman–Crippen LogP) is 1.66. The highest BCUT2D eigenvalue weighted by Gasteiger charge is 2.28. The molecule has 0 amide bonds. The van der Waals surface area contributed by atoms with Crippen molar-refractivity contribution >= 4 is 29.9 Å². The first kappa shape index (κ1) is 22.6. The molecule has 0 saturated carbocycles. The van der Waals surface area contributed by atoms with Crippen LogP contribution >= 0.6 is 24.0 Å². The van der Waals surface area contributed by atoms with Crippen molar-refractivity contribution in [2.45, 2.75) is 25.9 Å². The van der Waals surface area contributed by atoms with E-state index in [9.17, 15) is 0 Å². The molecule has 1 aromatic heterocycles. The summed E-state index contributed by atoms with van der Waals surface area (Å²) in [5.74, 6) is 1.58. The number of halogens is 1. The lowest BCUT2D eigenvalue weighted by atomic mass is 10.0. The molecule has 0 atom stereocenters. The average molecular weight is 499 g/mol. The zero-order chi connectivity index (χ0) is 19.1. The van der Waals surface area contributed by atoms with Gasteiger partial charge in [-0.2, -0.15) is 0 Å². The van der Waals surface area contributed by atoms with E-state index < -0.39 is 0 Å². The lowest BCUT2D eigenvalue weighted by Gasteiger charge is -2.41. The highest BCUT2D eigenvalue weighted by atomic mass is 127. The van der Waals surface area contributed by atoms with Crippen molar-refractivity contribution in [1.29, 1.82) is 0 Å². The summed E-state index contributed by atoms with van der Waals surface area (Å²) in [4.78, 5) is 6.78. The van der Waals surface area contributed by atoms with E-state index >= 15 is 0 Å². The Bertz CT molecular complexity index is 742. The number of nitrogens with one attached hydrogen (secondary N) is 2. The second-order valence-corrected chi connectivity index (χ2v) is 7.14. The number of nitrogens with zero attached hydrogens (tertiary/aromatic N) is 5. The highest BCUT2D eigenvalue weighted by molar-refractivity contribution is 14.0. The van der Waals surface area contributed by atoms with Gasteiger partial charge in [0.25, 0.3) is 0 Å². The monoisotopic (exact) mass is 499 g/mol. The van der Waals surface area contributed by atoms with Crippen LogP contribution in [0.15, 0.2) is 41.7 Å². The van der Waals surface area contributed by atoms with Crippen molar-refractivity contribution in [2.75, 3.05) is 39.9 Å². The summed E-state index contributed by atoms with van der Waals surface area (Å²) >= 11 is 0. The molecule has 1 fully saturated rings. The molecule has 9 heteroatoms. The number of para-hydroxylation sites is 1. The van der Waals surface area contributed by atoms with E-state index in [1.165, 1.54) is 0 Å². The first-order valence-corrected chi connectivity index (χ1v) is 9.32. The largest absolute Gasteiger partial charge is 0.379 e. The molecule has 1 aliphatic heterocycles. The summed E-state index contributed by atoms with van der Waals surface area (Å²) in [5.41, 5.74) is 1.06. The molecule has 1 aromatic carbocycles. The van der Waals surface area contributed by atoms with Crippen LogP contribution in [0.5, 0.6) is 0 Å². The molecular formula is C19H30IN7O. The van der Waals surface area contributed by atoms with Gasteiger partial charge in [0, 0.05) is 37.9 Å². The summed E-state index contributed by atoms with van der Waals surface area (Å²) in [6, 6.07) is 10.1. The van der Waals surface area contributed by atoms with Gasteiger partial charge in [-0.15, -0.1) is 34.2 Å². The Morgan fingerprint density at radius 2 is 1.89 bits per heavy atom. The number of ether oxygens (including phenoxy) is 1. The molecule has 8 nitrogen and oxygen atoms in total. The fourth-order valence-electron chi connectivity index (χ4n) is 3.15. The van der Waals surface area contributed by atoms with Gasteiger partial charge in [-0.3, -0.25) is 14.5 Å². The molecule has 0 unspecified atom stereocenters. The first-order valence-electron chi connectivity index (χ1n) is 9.32. The summed E-state index contributed by atoms with van der Waals surface area (Å²) < 4.78 is 7.43. The molecule has 28 heavy (non-hydrogen) atoms. The van der Waals surface area contributed by atoms with Crippen LogP contribution in [0.2, 0.25) is 0 Å². The quantitative estimate of drug-likeness (QED) is 0.358. The third kappa shape index (κ3) is 5.89. The minimum absolute atomic E-state index is 0. The Morgan fingerprint density at radius 1 is 1.18 bits per heavy atom. The van der Waals surface area contributed by atoms with Crippen LogP contribution in [0.4, 0.5) is 0 Å². The van der Waals surface area contributed by atoms with Gasteiger partial charge >= 0.3 is 0 Å². The first-order chi connectivity index (χ1) is 13.1. The Balaban J connectivity index is 0.00000280. The number of hydrogen-bond donors (Lipinski definition) is 2. The summed E-state index contributed by atoms with van der Waals surface area (Å²) in [7, 11) is 1.78. The van der Waals surface area contributed by atoms with Gasteiger partial charge in [0.2, 0.25) is 0 Å². The Morgan fingerprint density at radius 3 is 2.57 bits per heavy atom. The maximum atomic E-state index is 5.46. The van der Waals surface area contributed by atoms with Crippen molar-refractivity contribution in [3.8, 4) is 5.69 Å². The van der Waals surface area contributed by atoms with Gasteiger partial charge in [0.15, 0.2) is 11.8 Å². The lowest BCUT2D eigenvalue weighted by molar-refractivity contribution is -0.00834. The van der Waals surface area contributed by atoms with Gasteiger partial charge in [-0.25, -0.2) is 0 Å². The van der Waals surface area contributed by atoms with Crippen LogP contribution in [-0.4, -0.2) is 71.1 Å². The number of aliphatic imine (C=N–C) groups is 1. The number of morpholine rings is 1. The number of benzene rings is 1. The van der Waals surface area contributed by atoms with Crippen LogP contribution in [0.1, 0.15) is 19.7 Å². The molecule has 0 bridgehead atoms. The third-order valence-electron chi connectivity index (χ3n) is 4.85. The molecule has 2 N–H and O–H groups in total. The fourth-order valence-corrected chi connectivity index (χ4v) is 3.15. The predicted molar refractivity (Wildman–Crippen MR) is 121 cm³/mol. The van der Waals surface area contributed by atoms with E-state index in [0.29, 0.717) is 6.54 Å². The van der Waals surface area contributed by atoms with Crippen LogP contribution in [-0.2, 0) is 11.3 Å². The van der Waals surface area contributed by atoms with Crippen molar-refractivity contribution in [1.82, 2.24) is 30.3 Å². The van der Waals surface area contributed by atoms with E-state index in [-0.39, 0.29) is 29.5 Å². The van der Waals surface area contributed by atoms with Crippen molar-refractivity contribution in [3.63, 3.8) is 0 Å². The molecule has 2 aromatic rings. The van der Waals surface area contributed by atoms with Crippen LogP contribution in [0.25, 0.3) is 5.69 Å². The second-order valence-electron chi connectivity index (χ2n) is 7.14. The topological polar surface area (TPSA) is 79.6 Å². The van der Waals surface area contributed by atoms with Crippen LogP contribution < -0.4 is 10.6 Å². The molecular weight excluding hydrogens is 469 g/mol. The number of guanidine groups is 1. The Labute approximate surface area is 183 Å². The smallest absolute Gasteiger partial charge is 0.191 e. The van der Waals surface area contributed by atoms with Gasteiger partial charge in [-0.1, -0.05) is 18.2 Å². The zero-order valence-corrected chi connectivity index (χ0v) is 19.1. The Hall–Kier alpha value is -1.72. The van der Waals surface area contributed by atoms with E-state index in [4.69, 9.17) is 4.74 Å². The average Bonchev–Trinajstić information content (AvgIpc) is 3.18. The highest BCUT2D eigenvalue weighted by Crippen LogP contribution is 2.15. The van der Waals surface area contributed by atoms with Crippen molar-refractivity contribution < 1.29 is 4.74 Å². The normalized spacial score (nSPS) is 15.8. The zero-order valence-electron chi connectivity index (χ0n) is 16.8. The molecule has 1 saturated heterocycles. The summed E-state index contributed by atoms with van der Waals surface area (Å²) in [5, 5.41) is 15.0. The molecule has 0 spiro atoms. The van der Waals surface area contributed by atoms with Gasteiger partial charge in [0.1, 0.15) is 6.33 Å². The van der Waals surface area contributed by atoms with Crippen molar-refractivity contribution in [3.05, 3.63) is 42.5 Å². The minimum Gasteiger partial charge on any atom is -0.379 e. The van der Waals surface area contributed by atoms with Gasteiger partial charge in [0.05, 0.1) is 19.8 Å². The van der Waals surface area contributed by atoms with Gasteiger partial charge in [-0.05, 0) is 26.0 Å². The SMILES string of the molecule is CN=C(NCc1nncn1-c1ccccc1)NCC(C)(C)N1CCOCC1.I. The third-order valence-corrected chi connectivity index (χ3v) is 4.85. The molecule has 1 aliphatic rings. The second kappa shape index (κ2) is 10.7. The molecule has 3 rings (SSSR count). The fraction of sp³-hybridized carbons (Fsp3) is 0.526. The van der Waals surface area contributed by atoms with Crippen LogP contribution in [0, 0.1) is 0 Å². The lowest BCUT2D eigenvalue weighted by Crippen LogP contribution is -2.56. The molecule has 0 radical (unpaired) electrons. The Kier molecular flexibility index (Phi) is 8.64. The minimum atomic E-state index is 0. The number of hydrogen-bond acceptors (Lipinski definition) is 5. The van der Waals surface area contributed by atoms with Crippen molar-refractivity contribution in [2.24, 2.45) is 4.99 Å². The van der Waals surface area contributed by atoms with E-state index in [2.05, 4.69) is 44.6 Å². The maximum Gasteiger partial charge on any atom is 0.191 e. The summed E-state index contributed by atoms with van der Waals surface area (Å²) in [6.45, 7) is 9.32. The van der Waals surface area contributed by atoms with Crippen LogP contribution in [0.3, 0.4) is 0 Å². The standard InChI is InChI=1S/C19H29N7O.HI/c1-19(2,25-9-11-27-12-10-25)14-22-18(20-3)21-13-17-24-23-15-26(17)16-7-5-4-6-8-16;/h4-8,15H,9-14H2,1-3H3,(H2,20,21,22);1H. The summed E-state index contributed by atoms with van der Waals surface area (Å²) in [6.07, 6.45) is 1.73. The van der Waals surface area contributed by atoms with E-state index in [0.717, 1.165) is 50.3 Å².